The Balaban J connectivity index is 1.50. The van der Waals surface area contributed by atoms with Crippen LogP contribution in [0.25, 0.3) is 5.82 Å². The van der Waals surface area contributed by atoms with E-state index in [9.17, 15) is 8.42 Å². The van der Waals surface area contributed by atoms with Crippen molar-refractivity contribution in [2.45, 2.75) is 24.5 Å². The second kappa shape index (κ2) is 7.61. The van der Waals surface area contributed by atoms with E-state index in [4.69, 9.17) is 0 Å². The largest absolute Gasteiger partial charge is 0.354 e. The maximum Gasteiger partial charge on any atom is 0.252 e. The molecule has 3 aromatic rings. The first-order valence-electron chi connectivity index (χ1n) is 9.17. The van der Waals surface area contributed by atoms with Crippen molar-refractivity contribution in [1.82, 2.24) is 24.1 Å². The second-order valence-electron chi connectivity index (χ2n) is 6.55. The molecule has 0 amide bonds. The predicted molar refractivity (Wildman–Crippen MR) is 109 cm³/mol. The standard InChI is InChI=1S/C18H22N6O2S2/c1-3-15-5-6-18(27-15)28(25,26)23-11-9-22(10-12-23)16-13-17(21-14(2)20-16)24-8-4-7-19-24/h4-8,13H,3,9-12H2,1-2H3. The highest BCUT2D eigenvalue weighted by molar-refractivity contribution is 7.91. The number of rotatable bonds is 5. The number of aryl methyl sites for hydroxylation is 2. The first-order chi connectivity index (χ1) is 13.5. The lowest BCUT2D eigenvalue weighted by Crippen LogP contribution is -2.48. The quantitative estimate of drug-likeness (QED) is 0.631. The fourth-order valence-electron chi connectivity index (χ4n) is 3.19. The van der Waals surface area contributed by atoms with E-state index in [0.29, 0.717) is 42.0 Å². The predicted octanol–water partition coefficient (Wildman–Crippen LogP) is 2.11. The normalized spacial score (nSPS) is 15.9. The van der Waals surface area contributed by atoms with Crippen LogP contribution in [0.3, 0.4) is 0 Å². The molecule has 0 spiro atoms. The van der Waals surface area contributed by atoms with Crippen molar-refractivity contribution < 1.29 is 8.42 Å². The highest BCUT2D eigenvalue weighted by atomic mass is 32.2. The van der Waals surface area contributed by atoms with Crippen LogP contribution in [-0.4, -0.2) is 58.7 Å². The van der Waals surface area contributed by atoms with Gasteiger partial charge in [0.1, 0.15) is 15.9 Å². The highest BCUT2D eigenvalue weighted by Crippen LogP contribution is 2.27. The van der Waals surface area contributed by atoms with Gasteiger partial charge in [0.15, 0.2) is 5.82 Å². The van der Waals surface area contributed by atoms with E-state index in [-0.39, 0.29) is 0 Å². The van der Waals surface area contributed by atoms with Gasteiger partial charge in [0.2, 0.25) is 0 Å². The summed E-state index contributed by atoms with van der Waals surface area (Å²) in [6.07, 6.45) is 4.39. The molecule has 0 aliphatic carbocycles. The van der Waals surface area contributed by atoms with Gasteiger partial charge in [-0.1, -0.05) is 6.92 Å². The van der Waals surface area contributed by atoms with Gasteiger partial charge in [-0.2, -0.15) is 9.40 Å². The molecule has 0 saturated carbocycles. The van der Waals surface area contributed by atoms with Gasteiger partial charge in [0, 0.05) is 49.5 Å². The fraction of sp³-hybridized carbons (Fsp3) is 0.389. The second-order valence-corrected chi connectivity index (χ2v) is 9.88. The van der Waals surface area contributed by atoms with Crippen LogP contribution in [0.2, 0.25) is 0 Å². The van der Waals surface area contributed by atoms with Crippen molar-refractivity contribution in [3.05, 3.63) is 47.4 Å². The number of sulfonamides is 1. The molecule has 4 rings (SSSR count). The first kappa shape index (κ1) is 19.0. The number of hydrogen-bond acceptors (Lipinski definition) is 7. The van der Waals surface area contributed by atoms with Gasteiger partial charge in [-0.15, -0.1) is 11.3 Å². The molecule has 1 fully saturated rings. The van der Waals surface area contributed by atoms with Crippen LogP contribution < -0.4 is 4.90 Å². The number of piperazine rings is 1. The maximum atomic E-state index is 12.9. The van der Waals surface area contributed by atoms with Crippen molar-refractivity contribution in [1.29, 1.82) is 0 Å². The molecule has 3 aromatic heterocycles. The summed E-state index contributed by atoms with van der Waals surface area (Å²) in [5.74, 6) is 2.15. The molecule has 1 aliphatic rings. The third-order valence-electron chi connectivity index (χ3n) is 4.69. The van der Waals surface area contributed by atoms with Gasteiger partial charge >= 0.3 is 0 Å². The van der Waals surface area contributed by atoms with E-state index in [1.165, 1.54) is 11.3 Å². The number of hydrogen-bond donors (Lipinski definition) is 0. The summed E-state index contributed by atoms with van der Waals surface area (Å²) in [6, 6.07) is 7.34. The molecule has 4 heterocycles. The Kier molecular flexibility index (Phi) is 5.17. The van der Waals surface area contributed by atoms with Crippen LogP contribution in [0, 0.1) is 6.92 Å². The Morgan fingerprint density at radius 3 is 2.50 bits per heavy atom. The van der Waals surface area contributed by atoms with E-state index in [1.807, 2.05) is 38.2 Å². The van der Waals surface area contributed by atoms with Crippen LogP contribution in [0.5, 0.6) is 0 Å². The van der Waals surface area contributed by atoms with Crippen molar-refractivity contribution in [3.8, 4) is 5.82 Å². The summed E-state index contributed by atoms with van der Waals surface area (Å²) in [7, 11) is -3.43. The van der Waals surface area contributed by atoms with Gasteiger partial charge in [-0.25, -0.2) is 23.1 Å². The topological polar surface area (TPSA) is 84.2 Å². The van der Waals surface area contributed by atoms with Crippen molar-refractivity contribution >= 4 is 27.2 Å². The molecular weight excluding hydrogens is 396 g/mol. The van der Waals surface area contributed by atoms with Gasteiger partial charge < -0.3 is 4.90 Å². The molecule has 0 radical (unpaired) electrons. The van der Waals surface area contributed by atoms with Crippen molar-refractivity contribution in [2.24, 2.45) is 0 Å². The van der Waals surface area contributed by atoms with Crippen LogP contribution in [0.1, 0.15) is 17.6 Å². The van der Waals surface area contributed by atoms with E-state index >= 15 is 0 Å². The molecule has 0 unspecified atom stereocenters. The molecule has 10 heteroatoms. The summed E-state index contributed by atoms with van der Waals surface area (Å²) >= 11 is 1.36. The molecule has 0 atom stereocenters. The smallest absolute Gasteiger partial charge is 0.252 e. The highest BCUT2D eigenvalue weighted by Gasteiger charge is 2.30. The van der Waals surface area contributed by atoms with Crippen molar-refractivity contribution in [2.75, 3.05) is 31.1 Å². The molecule has 0 aromatic carbocycles. The van der Waals surface area contributed by atoms with Gasteiger partial charge in [0.25, 0.3) is 10.0 Å². The summed E-state index contributed by atoms with van der Waals surface area (Å²) in [5, 5.41) is 4.22. The Morgan fingerprint density at radius 2 is 1.86 bits per heavy atom. The molecule has 1 aliphatic heterocycles. The number of aromatic nitrogens is 4. The third kappa shape index (κ3) is 3.67. The van der Waals surface area contributed by atoms with E-state index < -0.39 is 10.0 Å². The summed E-state index contributed by atoms with van der Waals surface area (Å²) < 4.78 is 29.5. The van der Waals surface area contributed by atoms with Gasteiger partial charge in [-0.05, 0) is 31.5 Å². The van der Waals surface area contributed by atoms with Gasteiger partial charge in [-0.3, -0.25) is 0 Å². The molecule has 148 valence electrons. The van der Waals surface area contributed by atoms with Crippen LogP contribution in [0.15, 0.2) is 40.9 Å². The van der Waals surface area contributed by atoms with Crippen LogP contribution in [0.4, 0.5) is 5.82 Å². The van der Waals surface area contributed by atoms with Crippen LogP contribution >= 0.6 is 11.3 Å². The minimum atomic E-state index is -3.43. The molecule has 28 heavy (non-hydrogen) atoms. The average molecular weight is 419 g/mol. The van der Waals surface area contributed by atoms with Gasteiger partial charge in [0.05, 0.1) is 0 Å². The lowest BCUT2D eigenvalue weighted by molar-refractivity contribution is 0.384. The summed E-state index contributed by atoms with van der Waals surface area (Å²) in [4.78, 5) is 12.1. The molecule has 1 saturated heterocycles. The fourth-order valence-corrected chi connectivity index (χ4v) is 6.06. The third-order valence-corrected chi connectivity index (χ3v) is 8.29. The Hall–Kier alpha value is -2.30. The SMILES string of the molecule is CCc1ccc(S(=O)(=O)N2CCN(c3cc(-n4cccn4)nc(C)n3)CC2)s1. The summed E-state index contributed by atoms with van der Waals surface area (Å²) in [5.41, 5.74) is 0. The lowest BCUT2D eigenvalue weighted by Gasteiger charge is -2.34. The lowest BCUT2D eigenvalue weighted by atomic mass is 10.3. The van der Waals surface area contributed by atoms with E-state index in [0.717, 1.165) is 17.1 Å². The zero-order chi connectivity index (χ0) is 19.7. The zero-order valence-electron chi connectivity index (χ0n) is 15.8. The Bertz CT molecular complexity index is 1050. The summed E-state index contributed by atoms with van der Waals surface area (Å²) in [6.45, 7) is 5.91. The van der Waals surface area contributed by atoms with E-state index in [1.54, 1.807) is 21.3 Å². The number of thiophene rings is 1. The number of nitrogens with zero attached hydrogens (tertiary/aromatic N) is 6. The van der Waals surface area contributed by atoms with Crippen molar-refractivity contribution in [3.63, 3.8) is 0 Å². The number of anilines is 1. The average Bonchev–Trinajstić information content (AvgIpc) is 3.39. The van der Waals surface area contributed by atoms with Crippen LogP contribution in [-0.2, 0) is 16.4 Å². The minimum absolute atomic E-state index is 0.427. The maximum absolute atomic E-state index is 12.9. The molecule has 0 bridgehead atoms. The monoisotopic (exact) mass is 418 g/mol. The Morgan fingerprint density at radius 1 is 1.11 bits per heavy atom. The first-order valence-corrected chi connectivity index (χ1v) is 11.4. The molecule has 8 nitrogen and oxygen atoms in total. The molecule has 0 N–H and O–H groups in total. The van der Waals surface area contributed by atoms with E-state index in [2.05, 4.69) is 20.0 Å². The zero-order valence-corrected chi connectivity index (χ0v) is 17.4. The molecular formula is C18H22N6O2S2. The Labute approximate surface area is 168 Å². The minimum Gasteiger partial charge on any atom is -0.354 e.